The van der Waals surface area contributed by atoms with Crippen LogP contribution in [0.15, 0.2) is 46.5 Å². The number of aliphatic hydroxyl groups excluding tert-OH is 1. The van der Waals surface area contributed by atoms with Crippen molar-refractivity contribution in [2.24, 2.45) is 11.8 Å². The first-order valence-corrected chi connectivity index (χ1v) is 14.8. The predicted octanol–water partition coefficient (Wildman–Crippen LogP) is 2.31. The molecule has 1 aliphatic rings. The molecule has 3 rings (SSSR count). The van der Waals surface area contributed by atoms with Crippen LogP contribution in [0.4, 0.5) is 0 Å². The van der Waals surface area contributed by atoms with Crippen LogP contribution in [0.2, 0.25) is 0 Å². The number of nitriles is 1. The van der Waals surface area contributed by atoms with Gasteiger partial charge in [-0.2, -0.15) is 5.26 Å². The Bertz CT molecular complexity index is 1380. The maximum Gasteiger partial charge on any atom is 0.274 e. The van der Waals surface area contributed by atoms with Gasteiger partial charge in [-0.05, 0) is 57.4 Å². The zero-order valence-corrected chi connectivity index (χ0v) is 25.9. The molecule has 4 N–H and O–H groups in total. The summed E-state index contributed by atoms with van der Waals surface area (Å²) < 4.78 is 4.93. The van der Waals surface area contributed by atoms with Gasteiger partial charge in [0.15, 0.2) is 5.69 Å². The molecule has 1 aromatic carbocycles. The lowest BCUT2D eigenvalue weighted by molar-refractivity contribution is -0.132. The van der Waals surface area contributed by atoms with E-state index in [4.69, 9.17) is 4.52 Å². The van der Waals surface area contributed by atoms with Gasteiger partial charge in [-0.15, -0.1) is 0 Å². The number of hydrogen-bond donors (Lipinski definition) is 4. The maximum atomic E-state index is 13.4. The summed E-state index contributed by atoms with van der Waals surface area (Å²) in [4.78, 5) is 54.0. The van der Waals surface area contributed by atoms with Crippen molar-refractivity contribution < 1.29 is 28.8 Å². The van der Waals surface area contributed by atoms with Crippen molar-refractivity contribution in [3.05, 3.63) is 64.6 Å². The predicted molar refractivity (Wildman–Crippen MR) is 162 cm³/mol. The number of carbonyl (C=O) groups excluding carboxylic acids is 4. The standard InChI is InChI=1S/C32H42N6O6/c1-19(2)14-25(17-33)32(43)38-12-10-23(11-13-38)16-26(29(40)34-18-24-8-6-20(3)7-9-24)35-31(42)28(22(5)39)36-30(41)27-15-21(4)44-37-27/h6-9,14-15,19,22-23,26,28,39H,10-13,16,18H2,1-5H3,(H,34,40)(H,35,42)(H,36,41)/t22-,26+,28+/m1/s1. The Balaban J connectivity index is 1.71. The quantitative estimate of drug-likeness (QED) is 0.210. The van der Waals surface area contributed by atoms with Gasteiger partial charge >= 0.3 is 0 Å². The van der Waals surface area contributed by atoms with E-state index in [9.17, 15) is 29.5 Å². The van der Waals surface area contributed by atoms with Crippen LogP contribution in [-0.2, 0) is 20.9 Å². The molecule has 12 nitrogen and oxygen atoms in total. The van der Waals surface area contributed by atoms with Crippen molar-refractivity contribution in [3.8, 4) is 6.07 Å². The number of benzene rings is 1. The highest BCUT2D eigenvalue weighted by Gasteiger charge is 2.33. The van der Waals surface area contributed by atoms with Crippen molar-refractivity contribution in [1.29, 1.82) is 5.26 Å². The molecule has 0 aliphatic carbocycles. The molecule has 0 spiro atoms. The highest BCUT2D eigenvalue weighted by molar-refractivity contribution is 5.98. The molecule has 44 heavy (non-hydrogen) atoms. The third-order valence-corrected chi connectivity index (χ3v) is 7.45. The lowest BCUT2D eigenvalue weighted by atomic mass is 9.89. The van der Waals surface area contributed by atoms with E-state index in [1.54, 1.807) is 17.9 Å². The van der Waals surface area contributed by atoms with E-state index in [1.165, 1.54) is 13.0 Å². The zero-order chi connectivity index (χ0) is 32.4. The number of aryl methyl sites for hydroxylation is 2. The Hall–Kier alpha value is -4.50. The van der Waals surface area contributed by atoms with E-state index < -0.39 is 35.9 Å². The lowest BCUT2D eigenvalue weighted by Gasteiger charge is -2.34. The molecule has 0 unspecified atom stereocenters. The number of hydrogen-bond acceptors (Lipinski definition) is 8. The molecule has 1 saturated heterocycles. The van der Waals surface area contributed by atoms with Crippen LogP contribution in [-0.4, -0.2) is 70.1 Å². The molecule has 2 heterocycles. The number of piperidine rings is 1. The summed E-state index contributed by atoms with van der Waals surface area (Å²) in [5, 5.41) is 31.5. The molecule has 0 saturated carbocycles. The van der Waals surface area contributed by atoms with E-state index in [2.05, 4.69) is 21.1 Å². The molecule has 1 aliphatic heterocycles. The number of nitrogens with one attached hydrogen (secondary N) is 3. The molecular weight excluding hydrogens is 564 g/mol. The van der Waals surface area contributed by atoms with Crippen LogP contribution in [0.25, 0.3) is 0 Å². The van der Waals surface area contributed by atoms with E-state index in [-0.39, 0.29) is 42.0 Å². The Morgan fingerprint density at radius 2 is 1.75 bits per heavy atom. The van der Waals surface area contributed by atoms with Crippen LogP contribution >= 0.6 is 0 Å². The van der Waals surface area contributed by atoms with Crippen molar-refractivity contribution in [3.63, 3.8) is 0 Å². The minimum absolute atomic E-state index is 0.00761. The summed E-state index contributed by atoms with van der Waals surface area (Å²) >= 11 is 0. The largest absolute Gasteiger partial charge is 0.391 e. The van der Waals surface area contributed by atoms with E-state index in [0.29, 0.717) is 31.7 Å². The van der Waals surface area contributed by atoms with Crippen molar-refractivity contribution in [2.45, 2.75) is 78.6 Å². The monoisotopic (exact) mass is 606 g/mol. The molecular formula is C32H42N6O6. The Kier molecular flexibility index (Phi) is 12.2. The third-order valence-electron chi connectivity index (χ3n) is 7.45. The van der Waals surface area contributed by atoms with E-state index >= 15 is 0 Å². The first kappa shape index (κ1) is 34.0. The second-order valence-electron chi connectivity index (χ2n) is 11.7. The van der Waals surface area contributed by atoms with Crippen molar-refractivity contribution in [2.75, 3.05) is 13.1 Å². The molecule has 0 bridgehead atoms. The highest BCUT2D eigenvalue weighted by Crippen LogP contribution is 2.24. The van der Waals surface area contributed by atoms with Gasteiger partial charge in [0.05, 0.1) is 6.10 Å². The van der Waals surface area contributed by atoms with Gasteiger partial charge in [-0.3, -0.25) is 19.2 Å². The van der Waals surface area contributed by atoms with Crippen LogP contribution in [0.5, 0.6) is 0 Å². The maximum absolute atomic E-state index is 13.4. The fraction of sp³-hybridized carbons (Fsp3) is 0.500. The SMILES string of the molecule is Cc1ccc(CNC(=O)[C@H](CC2CCN(C(=O)C(C#N)=CC(C)C)CC2)NC(=O)[C@@H](NC(=O)c2cc(C)on2)[C@@H](C)O)cc1. The number of likely N-dealkylation sites (tertiary alicyclic amines) is 1. The molecule has 1 aromatic heterocycles. The minimum atomic E-state index is -1.36. The molecule has 2 aromatic rings. The van der Waals surface area contributed by atoms with Gasteiger partial charge in [-0.25, -0.2) is 0 Å². The molecule has 3 atom stereocenters. The van der Waals surface area contributed by atoms with Gasteiger partial charge in [0.1, 0.15) is 29.5 Å². The Labute approximate surface area is 257 Å². The number of nitrogens with zero attached hydrogens (tertiary/aromatic N) is 3. The van der Waals surface area contributed by atoms with Crippen LogP contribution < -0.4 is 16.0 Å². The van der Waals surface area contributed by atoms with Gasteiger partial charge in [-0.1, -0.05) is 54.9 Å². The fourth-order valence-electron chi connectivity index (χ4n) is 4.97. The van der Waals surface area contributed by atoms with Crippen LogP contribution in [0.3, 0.4) is 0 Å². The van der Waals surface area contributed by atoms with E-state index in [1.807, 2.05) is 51.1 Å². The second-order valence-corrected chi connectivity index (χ2v) is 11.7. The molecule has 4 amide bonds. The Morgan fingerprint density at radius 1 is 1.09 bits per heavy atom. The number of amides is 4. The molecule has 0 radical (unpaired) electrons. The minimum Gasteiger partial charge on any atom is -0.391 e. The number of aromatic nitrogens is 1. The number of allylic oxidation sites excluding steroid dienone is 1. The summed E-state index contributed by atoms with van der Waals surface area (Å²) in [7, 11) is 0. The Morgan fingerprint density at radius 3 is 2.30 bits per heavy atom. The van der Waals surface area contributed by atoms with Gasteiger partial charge in [0.2, 0.25) is 11.8 Å². The summed E-state index contributed by atoms with van der Waals surface area (Å²) in [6, 6.07) is 8.77. The molecule has 12 heteroatoms. The van der Waals surface area contributed by atoms with Crippen LogP contribution in [0, 0.1) is 37.0 Å². The average molecular weight is 607 g/mol. The third kappa shape index (κ3) is 9.77. The number of carbonyl (C=O) groups is 4. The molecule has 236 valence electrons. The highest BCUT2D eigenvalue weighted by atomic mass is 16.5. The molecule has 1 fully saturated rings. The summed E-state index contributed by atoms with van der Waals surface area (Å²) in [5.41, 5.74) is 2.05. The number of rotatable bonds is 12. The lowest BCUT2D eigenvalue weighted by Crippen LogP contribution is -2.57. The smallest absolute Gasteiger partial charge is 0.274 e. The van der Waals surface area contributed by atoms with Crippen LogP contribution in [0.1, 0.15) is 67.4 Å². The van der Waals surface area contributed by atoms with Crippen molar-refractivity contribution in [1.82, 2.24) is 26.0 Å². The topological polar surface area (TPSA) is 178 Å². The second kappa shape index (κ2) is 15.8. The zero-order valence-electron chi connectivity index (χ0n) is 25.9. The van der Waals surface area contributed by atoms with Crippen molar-refractivity contribution >= 4 is 23.6 Å². The first-order valence-electron chi connectivity index (χ1n) is 14.8. The summed E-state index contributed by atoms with van der Waals surface area (Å²) in [6.45, 7) is 9.82. The summed E-state index contributed by atoms with van der Waals surface area (Å²) in [6.07, 6.45) is 1.81. The van der Waals surface area contributed by atoms with Gasteiger partial charge < -0.3 is 30.5 Å². The summed E-state index contributed by atoms with van der Waals surface area (Å²) in [5.74, 6) is -1.69. The fourth-order valence-corrected chi connectivity index (χ4v) is 4.97. The first-order chi connectivity index (χ1) is 20.9. The van der Waals surface area contributed by atoms with Gasteiger partial charge in [0, 0.05) is 25.7 Å². The normalized spacial score (nSPS) is 16.0. The van der Waals surface area contributed by atoms with Gasteiger partial charge in [0.25, 0.3) is 11.8 Å². The van der Waals surface area contributed by atoms with E-state index in [0.717, 1.165) is 11.1 Å². The number of aliphatic hydroxyl groups is 1. The average Bonchev–Trinajstić information content (AvgIpc) is 3.43.